The fraction of sp³-hybridized carbons (Fsp3) is 0.583. The Balaban J connectivity index is 1.96. The molecule has 0 radical (unpaired) electrons. The van der Waals surface area contributed by atoms with E-state index in [-0.39, 0.29) is 24.3 Å². The molecule has 1 aromatic heterocycles. The van der Waals surface area contributed by atoms with E-state index in [2.05, 4.69) is 5.32 Å². The summed E-state index contributed by atoms with van der Waals surface area (Å²) in [5, 5.41) is 12.5. The molecule has 0 spiro atoms. The van der Waals surface area contributed by atoms with Crippen molar-refractivity contribution in [3.8, 4) is 0 Å². The van der Waals surface area contributed by atoms with Crippen molar-refractivity contribution in [2.75, 3.05) is 0 Å². The zero-order chi connectivity index (χ0) is 12.3. The van der Waals surface area contributed by atoms with Crippen LogP contribution in [-0.2, 0) is 6.54 Å². The molecule has 1 amide bonds. The fourth-order valence-electron chi connectivity index (χ4n) is 2.13. The van der Waals surface area contributed by atoms with Crippen LogP contribution in [-0.4, -0.2) is 23.2 Å². The molecule has 1 saturated carbocycles. The molecule has 0 aromatic carbocycles. The average Bonchev–Trinajstić information content (AvgIpc) is 2.81. The third-order valence-corrected chi connectivity index (χ3v) is 3.13. The Hall–Kier alpha value is -1.33. The lowest BCUT2D eigenvalue weighted by molar-refractivity contribution is 0.0697. The van der Waals surface area contributed by atoms with Crippen LogP contribution in [0.4, 0.5) is 0 Å². The van der Waals surface area contributed by atoms with Gasteiger partial charge in [0.2, 0.25) is 0 Å². The van der Waals surface area contributed by atoms with Gasteiger partial charge in [-0.1, -0.05) is 12.8 Å². The van der Waals surface area contributed by atoms with Gasteiger partial charge in [-0.2, -0.15) is 0 Å². The van der Waals surface area contributed by atoms with E-state index in [9.17, 15) is 9.90 Å². The molecule has 0 saturated heterocycles. The second kappa shape index (κ2) is 5.33. The largest absolute Gasteiger partial charge is 0.455 e. The molecule has 17 heavy (non-hydrogen) atoms. The Labute approximate surface area is 100.0 Å². The van der Waals surface area contributed by atoms with Crippen molar-refractivity contribution >= 4 is 5.91 Å². The van der Waals surface area contributed by atoms with Gasteiger partial charge in [0.25, 0.3) is 5.91 Å². The Bertz CT molecular complexity index is 389. The molecule has 0 aliphatic heterocycles. The van der Waals surface area contributed by atoms with E-state index in [1.54, 1.807) is 12.1 Å². The van der Waals surface area contributed by atoms with Crippen molar-refractivity contribution in [3.63, 3.8) is 0 Å². The Morgan fingerprint density at radius 1 is 1.47 bits per heavy atom. The van der Waals surface area contributed by atoms with Crippen LogP contribution < -0.4 is 11.1 Å². The first-order valence-corrected chi connectivity index (χ1v) is 5.98. The van der Waals surface area contributed by atoms with Crippen LogP contribution in [0, 0.1) is 0 Å². The molecule has 1 aliphatic rings. The van der Waals surface area contributed by atoms with Crippen LogP contribution in [0.15, 0.2) is 16.5 Å². The van der Waals surface area contributed by atoms with E-state index in [0.717, 1.165) is 25.7 Å². The molecule has 94 valence electrons. The molecular formula is C12H18N2O3. The van der Waals surface area contributed by atoms with E-state index < -0.39 is 6.10 Å². The summed E-state index contributed by atoms with van der Waals surface area (Å²) in [5.41, 5.74) is 5.40. The van der Waals surface area contributed by atoms with Crippen LogP contribution in [0.3, 0.4) is 0 Å². The van der Waals surface area contributed by atoms with Crippen LogP contribution in [0.1, 0.15) is 42.0 Å². The van der Waals surface area contributed by atoms with Crippen LogP contribution in [0.25, 0.3) is 0 Å². The smallest absolute Gasteiger partial charge is 0.287 e. The minimum Gasteiger partial charge on any atom is -0.455 e. The van der Waals surface area contributed by atoms with Gasteiger partial charge in [-0.3, -0.25) is 4.79 Å². The highest BCUT2D eigenvalue weighted by atomic mass is 16.4. The molecule has 2 atom stereocenters. The lowest BCUT2D eigenvalue weighted by Gasteiger charge is -2.27. The van der Waals surface area contributed by atoms with Gasteiger partial charge in [-0.05, 0) is 25.0 Å². The predicted molar refractivity (Wildman–Crippen MR) is 62.3 cm³/mol. The maximum Gasteiger partial charge on any atom is 0.287 e. The number of hydrogen-bond donors (Lipinski definition) is 3. The number of furan rings is 1. The van der Waals surface area contributed by atoms with Crippen LogP contribution in [0.5, 0.6) is 0 Å². The van der Waals surface area contributed by atoms with Gasteiger partial charge in [-0.25, -0.2) is 0 Å². The third kappa shape index (κ3) is 2.87. The Kier molecular flexibility index (Phi) is 3.81. The van der Waals surface area contributed by atoms with Crippen molar-refractivity contribution < 1.29 is 14.3 Å². The van der Waals surface area contributed by atoms with Gasteiger partial charge < -0.3 is 20.6 Å². The number of carbonyl (C=O) groups excluding carboxylic acids is 1. The second-order valence-corrected chi connectivity index (χ2v) is 4.40. The lowest BCUT2D eigenvalue weighted by atomic mass is 9.92. The molecule has 1 heterocycles. The number of nitrogens with two attached hydrogens (primary N) is 1. The topological polar surface area (TPSA) is 88.5 Å². The predicted octanol–water partition coefficient (Wildman–Crippen LogP) is 0.772. The zero-order valence-electron chi connectivity index (χ0n) is 9.69. The molecule has 0 unspecified atom stereocenters. The van der Waals surface area contributed by atoms with Crippen molar-refractivity contribution in [3.05, 3.63) is 23.7 Å². The lowest BCUT2D eigenvalue weighted by Crippen LogP contribution is -2.44. The molecule has 5 nitrogen and oxygen atoms in total. The van der Waals surface area contributed by atoms with Gasteiger partial charge in [-0.15, -0.1) is 0 Å². The van der Waals surface area contributed by atoms with Gasteiger partial charge in [0, 0.05) is 0 Å². The summed E-state index contributed by atoms with van der Waals surface area (Å²) < 4.78 is 5.25. The maximum atomic E-state index is 11.8. The van der Waals surface area contributed by atoms with E-state index >= 15 is 0 Å². The third-order valence-electron chi connectivity index (χ3n) is 3.13. The number of aliphatic hydroxyl groups is 1. The number of amides is 1. The normalized spacial score (nSPS) is 24.6. The SMILES string of the molecule is NCc1ccc(C(=O)N[C@H]2CCCC[C@@H]2O)o1. The first-order valence-electron chi connectivity index (χ1n) is 5.98. The van der Waals surface area contributed by atoms with Crippen molar-refractivity contribution in [2.24, 2.45) is 5.73 Å². The van der Waals surface area contributed by atoms with Crippen LogP contribution in [0.2, 0.25) is 0 Å². The summed E-state index contributed by atoms with van der Waals surface area (Å²) in [6.07, 6.45) is 3.17. The standard InChI is InChI=1S/C12H18N2O3/c13-7-8-5-6-11(17-8)12(16)14-9-3-1-2-4-10(9)15/h5-6,9-10,15H,1-4,7,13H2,(H,14,16)/t9-,10-/m0/s1. The molecule has 5 heteroatoms. The quantitative estimate of drug-likeness (QED) is 0.725. The minimum atomic E-state index is -0.448. The summed E-state index contributed by atoms with van der Waals surface area (Å²) in [4.78, 5) is 11.8. The zero-order valence-corrected chi connectivity index (χ0v) is 9.69. The van der Waals surface area contributed by atoms with Gasteiger partial charge >= 0.3 is 0 Å². The highest BCUT2D eigenvalue weighted by Crippen LogP contribution is 2.19. The number of nitrogens with one attached hydrogen (secondary N) is 1. The van der Waals surface area contributed by atoms with E-state index in [1.165, 1.54) is 0 Å². The number of aliphatic hydroxyl groups excluding tert-OH is 1. The van der Waals surface area contributed by atoms with Gasteiger partial charge in [0.15, 0.2) is 5.76 Å². The summed E-state index contributed by atoms with van der Waals surface area (Å²) in [5.74, 6) is 0.554. The first-order chi connectivity index (χ1) is 8.20. The Morgan fingerprint density at radius 2 is 2.24 bits per heavy atom. The van der Waals surface area contributed by atoms with E-state index in [1.807, 2.05) is 0 Å². The summed E-state index contributed by atoms with van der Waals surface area (Å²) in [6.45, 7) is 0.277. The molecule has 0 bridgehead atoms. The second-order valence-electron chi connectivity index (χ2n) is 4.40. The summed E-state index contributed by atoms with van der Waals surface area (Å²) >= 11 is 0. The van der Waals surface area contributed by atoms with Crippen LogP contribution >= 0.6 is 0 Å². The van der Waals surface area contributed by atoms with Gasteiger partial charge in [0.05, 0.1) is 18.7 Å². The number of carbonyl (C=O) groups is 1. The van der Waals surface area contributed by atoms with Crippen molar-refractivity contribution in [2.45, 2.75) is 44.4 Å². The average molecular weight is 238 g/mol. The highest BCUT2D eigenvalue weighted by molar-refractivity contribution is 5.91. The molecule has 1 aliphatic carbocycles. The monoisotopic (exact) mass is 238 g/mol. The number of rotatable bonds is 3. The van der Waals surface area contributed by atoms with E-state index in [0.29, 0.717) is 5.76 Å². The summed E-state index contributed by atoms with van der Waals surface area (Å²) in [7, 11) is 0. The van der Waals surface area contributed by atoms with Gasteiger partial charge in [0.1, 0.15) is 5.76 Å². The minimum absolute atomic E-state index is 0.164. The Morgan fingerprint density at radius 3 is 2.88 bits per heavy atom. The molecule has 1 aromatic rings. The molecule has 2 rings (SSSR count). The summed E-state index contributed by atoms with van der Waals surface area (Å²) in [6, 6.07) is 3.13. The molecular weight excluding hydrogens is 220 g/mol. The van der Waals surface area contributed by atoms with E-state index in [4.69, 9.17) is 10.2 Å². The molecule has 4 N–H and O–H groups in total. The van der Waals surface area contributed by atoms with Crippen molar-refractivity contribution in [1.82, 2.24) is 5.32 Å². The fourth-order valence-corrected chi connectivity index (χ4v) is 2.13. The maximum absolute atomic E-state index is 11.8. The number of hydrogen-bond acceptors (Lipinski definition) is 4. The first kappa shape index (κ1) is 12.1. The van der Waals surface area contributed by atoms with Crippen molar-refractivity contribution in [1.29, 1.82) is 0 Å². The highest BCUT2D eigenvalue weighted by Gasteiger charge is 2.25. The molecule has 1 fully saturated rings.